The van der Waals surface area contributed by atoms with Gasteiger partial charge in [-0.1, -0.05) is 38.1 Å². The van der Waals surface area contributed by atoms with Crippen molar-refractivity contribution >= 4 is 40.3 Å². The average Bonchev–Trinajstić information content (AvgIpc) is 2.76. The Morgan fingerprint density at radius 3 is 2.52 bits per heavy atom. The Hall–Kier alpha value is -3.80. The van der Waals surface area contributed by atoms with Gasteiger partial charge in [-0.25, -0.2) is 4.79 Å². The summed E-state index contributed by atoms with van der Waals surface area (Å²) in [5.74, 6) is -0.745. The van der Waals surface area contributed by atoms with Crippen LogP contribution in [0.15, 0.2) is 66.9 Å². The number of hydrogen-bond acceptors (Lipinski definition) is 5. The summed E-state index contributed by atoms with van der Waals surface area (Å²) in [4.78, 5) is 40.4. The molecule has 0 saturated heterocycles. The van der Waals surface area contributed by atoms with Crippen molar-refractivity contribution in [1.29, 1.82) is 0 Å². The third-order valence-electron chi connectivity index (χ3n) is 4.49. The maximum Gasteiger partial charge on any atom is 0.331 e. The van der Waals surface area contributed by atoms with Gasteiger partial charge in [0.1, 0.15) is 0 Å². The summed E-state index contributed by atoms with van der Waals surface area (Å²) in [6.07, 6.45) is 5.03. The highest BCUT2D eigenvalue weighted by Gasteiger charge is 2.10. The molecule has 1 N–H and O–H groups in total. The maximum atomic E-state index is 12.3. The van der Waals surface area contributed by atoms with Crippen molar-refractivity contribution in [3.8, 4) is 0 Å². The van der Waals surface area contributed by atoms with E-state index in [9.17, 15) is 14.4 Å². The Balaban J connectivity index is 1.53. The van der Waals surface area contributed by atoms with Gasteiger partial charge in [0, 0.05) is 40.9 Å². The third kappa shape index (κ3) is 6.34. The molecule has 0 spiro atoms. The number of rotatable bonds is 8. The lowest BCUT2D eigenvalue weighted by Gasteiger charge is -2.08. The predicted molar refractivity (Wildman–Crippen MR) is 121 cm³/mol. The number of carbonyl (C=O) groups excluding carboxylic acids is 3. The monoisotopic (exact) mass is 416 g/mol. The molecule has 0 fully saturated rings. The van der Waals surface area contributed by atoms with E-state index in [4.69, 9.17) is 4.74 Å². The van der Waals surface area contributed by atoms with Crippen molar-refractivity contribution in [2.45, 2.75) is 20.3 Å². The van der Waals surface area contributed by atoms with E-state index in [1.165, 1.54) is 6.08 Å². The first-order chi connectivity index (χ1) is 14.9. The average molecular weight is 416 g/mol. The number of carbonyl (C=O) groups is 3. The molecule has 31 heavy (non-hydrogen) atoms. The smallest absolute Gasteiger partial charge is 0.331 e. The fraction of sp³-hybridized carbons (Fsp3) is 0.200. The van der Waals surface area contributed by atoms with Crippen LogP contribution in [0.2, 0.25) is 0 Å². The molecule has 158 valence electrons. The number of anilines is 1. The molecule has 0 unspecified atom stereocenters. The summed E-state index contributed by atoms with van der Waals surface area (Å²) in [6, 6.07) is 16.0. The Bertz CT molecular complexity index is 1110. The van der Waals surface area contributed by atoms with Crippen LogP contribution in [-0.2, 0) is 14.3 Å². The van der Waals surface area contributed by atoms with Gasteiger partial charge in [-0.2, -0.15) is 0 Å². The quantitative estimate of drug-likeness (QED) is 0.328. The number of amides is 1. The van der Waals surface area contributed by atoms with Crippen LogP contribution >= 0.6 is 0 Å². The van der Waals surface area contributed by atoms with Crippen molar-refractivity contribution in [3.05, 3.63) is 78.0 Å². The first-order valence-corrected chi connectivity index (χ1v) is 10.0. The summed E-state index contributed by atoms with van der Waals surface area (Å²) in [6.45, 7) is 3.57. The Labute approximate surface area is 180 Å². The molecule has 3 aromatic rings. The minimum atomic E-state index is -0.612. The van der Waals surface area contributed by atoms with E-state index in [-0.39, 0.29) is 24.2 Å². The number of nitrogens with zero attached hydrogens (tertiary/aromatic N) is 1. The molecule has 0 aliphatic heterocycles. The number of fused-ring (bicyclic) bond motifs is 1. The highest BCUT2D eigenvalue weighted by molar-refractivity contribution is 6.00. The summed E-state index contributed by atoms with van der Waals surface area (Å²) < 4.78 is 5.07. The molecule has 0 radical (unpaired) electrons. The zero-order valence-electron chi connectivity index (χ0n) is 17.5. The second kappa shape index (κ2) is 10.3. The van der Waals surface area contributed by atoms with Gasteiger partial charge in [0.2, 0.25) is 5.91 Å². The van der Waals surface area contributed by atoms with Gasteiger partial charge in [0.25, 0.3) is 0 Å². The fourth-order valence-corrected chi connectivity index (χ4v) is 3.01. The number of ether oxygens (including phenoxy) is 1. The number of para-hydroxylation sites is 1. The maximum absolute atomic E-state index is 12.3. The Morgan fingerprint density at radius 2 is 1.77 bits per heavy atom. The fourth-order valence-electron chi connectivity index (χ4n) is 3.01. The number of Topliss-reactive ketones (excluding diaryl/α,β-unsaturated/α-hetero) is 1. The molecular weight excluding hydrogens is 392 g/mol. The minimum absolute atomic E-state index is 0.0730. The molecule has 6 nitrogen and oxygen atoms in total. The van der Waals surface area contributed by atoms with Gasteiger partial charge in [-0.3, -0.25) is 14.6 Å². The first kappa shape index (κ1) is 21.9. The number of pyridine rings is 1. The van der Waals surface area contributed by atoms with E-state index in [0.717, 1.165) is 16.5 Å². The Kier molecular flexibility index (Phi) is 7.27. The highest BCUT2D eigenvalue weighted by atomic mass is 16.5. The minimum Gasteiger partial charge on any atom is -0.454 e. The lowest BCUT2D eigenvalue weighted by atomic mass is 10.1. The number of nitrogens with one attached hydrogen (secondary N) is 1. The van der Waals surface area contributed by atoms with Crippen molar-refractivity contribution in [3.63, 3.8) is 0 Å². The number of hydrogen-bond donors (Lipinski definition) is 1. The summed E-state index contributed by atoms with van der Waals surface area (Å²) in [7, 11) is 0. The lowest BCUT2D eigenvalue weighted by Crippen LogP contribution is -2.14. The van der Waals surface area contributed by atoms with E-state index < -0.39 is 5.97 Å². The van der Waals surface area contributed by atoms with Crippen LogP contribution < -0.4 is 5.32 Å². The van der Waals surface area contributed by atoms with Crippen LogP contribution in [-0.4, -0.2) is 29.3 Å². The van der Waals surface area contributed by atoms with Crippen LogP contribution in [0.5, 0.6) is 0 Å². The van der Waals surface area contributed by atoms with Crippen molar-refractivity contribution in [2.24, 2.45) is 5.92 Å². The van der Waals surface area contributed by atoms with Gasteiger partial charge in [0.05, 0.1) is 5.52 Å². The number of benzene rings is 2. The van der Waals surface area contributed by atoms with E-state index in [0.29, 0.717) is 17.7 Å². The lowest BCUT2D eigenvalue weighted by molar-refractivity contribution is -0.136. The van der Waals surface area contributed by atoms with Gasteiger partial charge in [-0.15, -0.1) is 0 Å². The normalized spacial score (nSPS) is 11.1. The molecular formula is C25H24N2O4. The number of esters is 1. The predicted octanol–water partition coefficient (Wildman–Crippen LogP) is 4.66. The van der Waals surface area contributed by atoms with Crippen LogP contribution in [0.3, 0.4) is 0 Å². The van der Waals surface area contributed by atoms with E-state index >= 15 is 0 Å². The molecule has 3 rings (SSSR count). The molecule has 0 saturated carbocycles. The molecule has 1 aromatic heterocycles. The van der Waals surface area contributed by atoms with E-state index in [1.54, 1.807) is 36.5 Å². The molecule has 2 aromatic carbocycles. The molecule has 0 bridgehead atoms. The highest BCUT2D eigenvalue weighted by Crippen LogP contribution is 2.17. The first-order valence-electron chi connectivity index (χ1n) is 10.0. The Morgan fingerprint density at radius 1 is 1.03 bits per heavy atom. The molecule has 6 heteroatoms. The van der Waals surface area contributed by atoms with Gasteiger partial charge in [-0.05, 0) is 42.3 Å². The van der Waals surface area contributed by atoms with Crippen molar-refractivity contribution < 1.29 is 19.1 Å². The van der Waals surface area contributed by atoms with E-state index in [2.05, 4.69) is 10.3 Å². The van der Waals surface area contributed by atoms with Crippen LogP contribution in [0, 0.1) is 5.92 Å². The molecule has 0 aliphatic rings. The number of aromatic nitrogens is 1. The van der Waals surface area contributed by atoms with E-state index in [1.807, 2.05) is 44.2 Å². The van der Waals surface area contributed by atoms with Crippen LogP contribution in [0.25, 0.3) is 17.0 Å². The van der Waals surface area contributed by atoms with Crippen LogP contribution in [0.1, 0.15) is 36.2 Å². The second-order valence-corrected chi connectivity index (χ2v) is 7.51. The molecule has 0 aliphatic carbocycles. The summed E-state index contributed by atoms with van der Waals surface area (Å²) in [5, 5.41) is 3.75. The summed E-state index contributed by atoms with van der Waals surface area (Å²) in [5.41, 5.74) is 2.59. The number of ketones is 1. The standard InChI is InChI=1S/C25H24N2O4/c1-17(2)15-23(29)27-21-11-8-18(9-12-21)22(28)16-31-24(30)13-10-20-6-3-5-19-7-4-14-26-25(19)20/h3-14,17H,15-16H2,1-2H3,(H,27,29)/b13-10+. The molecule has 0 atom stereocenters. The van der Waals surface area contributed by atoms with Crippen LogP contribution in [0.4, 0.5) is 5.69 Å². The molecule has 1 heterocycles. The van der Waals surface area contributed by atoms with Crippen molar-refractivity contribution in [2.75, 3.05) is 11.9 Å². The molecule has 1 amide bonds. The van der Waals surface area contributed by atoms with Gasteiger partial charge < -0.3 is 10.1 Å². The van der Waals surface area contributed by atoms with Gasteiger partial charge >= 0.3 is 5.97 Å². The zero-order chi connectivity index (χ0) is 22.2. The summed E-state index contributed by atoms with van der Waals surface area (Å²) >= 11 is 0. The van der Waals surface area contributed by atoms with Gasteiger partial charge in [0.15, 0.2) is 12.4 Å². The zero-order valence-corrected chi connectivity index (χ0v) is 17.5. The third-order valence-corrected chi connectivity index (χ3v) is 4.49. The van der Waals surface area contributed by atoms with Crippen molar-refractivity contribution in [1.82, 2.24) is 4.98 Å². The SMILES string of the molecule is CC(C)CC(=O)Nc1ccc(C(=O)COC(=O)/C=C/c2cccc3cccnc23)cc1. The largest absolute Gasteiger partial charge is 0.454 e. The second-order valence-electron chi connectivity index (χ2n) is 7.51. The topological polar surface area (TPSA) is 85.4 Å².